The fraction of sp³-hybridized carbons (Fsp3) is 0.375. The number of halogens is 1. The summed E-state index contributed by atoms with van der Waals surface area (Å²) < 4.78 is 16.5. The van der Waals surface area contributed by atoms with E-state index in [1.807, 2.05) is 13.0 Å². The van der Waals surface area contributed by atoms with Crippen molar-refractivity contribution in [1.29, 1.82) is 0 Å². The third-order valence-electron chi connectivity index (χ3n) is 3.23. The number of carbonyl (C=O) groups is 2. The van der Waals surface area contributed by atoms with Crippen LogP contribution in [0.4, 0.5) is 4.79 Å². The zero-order valence-electron chi connectivity index (χ0n) is 13.6. The van der Waals surface area contributed by atoms with Gasteiger partial charge in [0.2, 0.25) is 0 Å². The third kappa shape index (κ3) is 4.12. The molecule has 0 saturated carbocycles. The van der Waals surface area contributed by atoms with E-state index in [4.69, 9.17) is 14.2 Å². The average Bonchev–Trinajstić information content (AvgIpc) is 2.79. The van der Waals surface area contributed by atoms with Gasteiger partial charge in [-0.25, -0.2) is 0 Å². The van der Waals surface area contributed by atoms with Crippen LogP contribution in [-0.2, 0) is 9.53 Å². The van der Waals surface area contributed by atoms with Gasteiger partial charge in [0.1, 0.15) is 0 Å². The van der Waals surface area contributed by atoms with Crippen molar-refractivity contribution in [3.63, 3.8) is 0 Å². The molecular formula is C16H18BrNO5S. The van der Waals surface area contributed by atoms with Crippen LogP contribution in [0.5, 0.6) is 11.5 Å². The molecule has 2 rings (SSSR count). The normalized spacial score (nSPS) is 16.2. The molecule has 1 aliphatic rings. The van der Waals surface area contributed by atoms with Gasteiger partial charge in [0.05, 0.1) is 36.2 Å². The van der Waals surface area contributed by atoms with Crippen LogP contribution in [0.25, 0.3) is 6.08 Å². The summed E-state index contributed by atoms with van der Waals surface area (Å²) in [6, 6.07) is 3.58. The molecule has 0 spiro atoms. The molecule has 130 valence electrons. The lowest BCUT2D eigenvalue weighted by atomic mass is 10.2. The lowest BCUT2D eigenvalue weighted by Gasteiger charge is -2.12. The van der Waals surface area contributed by atoms with Crippen LogP contribution in [0.3, 0.4) is 0 Å². The molecule has 0 aromatic heterocycles. The molecule has 1 saturated heterocycles. The molecule has 0 aliphatic carbocycles. The second kappa shape index (κ2) is 8.55. The van der Waals surface area contributed by atoms with E-state index in [1.165, 1.54) is 12.0 Å². The maximum absolute atomic E-state index is 12.3. The Morgan fingerprint density at radius 3 is 2.67 bits per heavy atom. The van der Waals surface area contributed by atoms with Gasteiger partial charge in [-0.2, -0.15) is 0 Å². The van der Waals surface area contributed by atoms with Gasteiger partial charge in [-0.3, -0.25) is 14.5 Å². The van der Waals surface area contributed by atoms with Gasteiger partial charge >= 0.3 is 0 Å². The van der Waals surface area contributed by atoms with Crippen molar-refractivity contribution >= 4 is 44.9 Å². The van der Waals surface area contributed by atoms with Crippen molar-refractivity contribution in [1.82, 2.24) is 4.90 Å². The van der Waals surface area contributed by atoms with Crippen LogP contribution in [-0.4, -0.2) is 50.0 Å². The maximum atomic E-state index is 12.3. The average molecular weight is 416 g/mol. The van der Waals surface area contributed by atoms with Crippen molar-refractivity contribution in [3.8, 4) is 11.5 Å². The van der Waals surface area contributed by atoms with Crippen LogP contribution in [0.2, 0.25) is 0 Å². The molecule has 24 heavy (non-hydrogen) atoms. The van der Waals surface area contributed by atoms with Crippen LogP contribution in [0.1, 0.15) is 12.5 Å². The minimum absolute atomic E-state index is 0.245. The van der Waals surface area contributed by atoms with Gasteiger partial charge in [-0.15, -0.1) is 0 Å². The van der Waals surface area contributed by atoms with Crippen molar-refractivity contribution in [2.45, 2.75) is 6.92 Å². The van der Waals surface area contributed by atoms with Gasteiger partial charge in [-0.05, 0) is 58.4 Å². The molecule has 8 heteroatoms. The number of thioether (sulfide) groups is 1. The minimum Gasteiger partial charge on any atom is -0.492 e. The predicted molar refractivity (Wildman–Crippen MR) is 96.4 cm³/mol. The summed E-state index contributed by atoms with van der Waals surface area (Å²) in [6.07, 6.45) is 1.67. The van der Waals surface area contributed by atoms with Gasteiger partial charge in [0.25, 0.3) is 11.1 Å². The van der Waals surface area contributed by atoms with Crippen molar-refractivity contribution < 1.29 is 23.8 Å². The highest BCUT2D eigenvalue weighted by molar-refractivity contribution is 9.10. The summed E-state index contributed by atoms with van der Waals surface area (Å²) in [7, 11) is 3.09. The molecule has 0 radical (unpaired) electrons. The fourth-order valence-electron chi connectivity index (χ4n) is 2.16. The quantitative estimate of drug-likeness (QED) is 0.634. The van der Waals surface area contributed by atoms with Crippen LogP contribution >= 0.6 is 27.7 Å². The molecule has 2 amide bonds. The summed E-state index contributed by atoms with van der Waals surface area (Å²) in [5.74, 6) is 0.841. The van der Waals surface area contributed by atoms with Crippen LogP contribution in [0, 0.1) is 0 Å². The minimum atomic E-state index is -0.313. The Kier molecular flexibility index (Phi) is 6.70. The van der Waals surface area contributed by atoms with Crippen molar-refractivity contribution in [2.24, 2.45) is 0 Å². The van der Waals surface area contributed by atoms with Gasteiger partial charge in [-0.1, -0.05) is 0 Å². The molecule has 1 heterocycles. The molecule has 0 bridgehead atoms. The number of hydrogen-bond donors (Lipinski definition) is 0. The maximum Gasteiger partial charge on any atom is 0.293 e. The number of ether oxygens (including phenoxy) is 3. The molecule has 1 aromatic carbocycles. The lowest BCUT2D eigenvalue weighted by molar-refractivity contribution is -0.123. The van der Waals surface area contributed by atoms with E-state index in [0.29, 0.717) is 34.1 Å². The van der Waals surface area contributed by atoms with E-state index in [0.717, 1.165) is 17.3 Å². The largest absolute Gasteiger partial charge is 0.492 e. The Morgan fingerprint density at radius 1 is 1.29 bits per heavy atom. The smallest absolute Gasteiger partial charge is 0.293 e. The summed E-state index contributed by atoms with van der Waals surface area (Å²) >= 11 is 4.35. The van der Waals surface area contributed by atoms with E-state index in [9.17, 15) is 9.59 Å². The summed E-state index contributed by atoms with van der Waals surface area (Å²) in [5, 5.41) is -0.291. The highest BCUT2D eigenvalue weighted by Crippen LogP contribution is 2.38. The first-order chi connectivity index (χ1) is 11.5. The van der Waals surface area contributed by atoms with E-state index < -0.39 is 0 Å². The first-order valence-corrected chi connectivity index (χ1v) is 8.87. The zero-order valence-corrected chi connectivity index (χ0v) is 16.0. The monoisotopic (exact) mass is 415 g/mol. The van der Waals surface area contributed by atoms with Gasteiger partial charge in [0, 0.05) is 7.11 Å². The van der Waals surface area contributed by atoms with Crippen molar-refractivity contribution in [3.05, 3.63) is 27.1 Å². The second-order valence-corrected chi connectivity index (χ2v) is 6.64. The fourth-order valence-corrected chi connectivity index (χ4v) is 3.65. The highest BCUT2D eigenvalue weighted by Gasteiger charge is 2.34. The van der Waals surface area contributed by atoms with Gasteiger partial charge in [0.15, 0.2) is 11.5 Å². The number of imide groups is 1. The number of carbonyl (C=O) groups excluding carboxylic acids is 2. The Labute approximate surface area is 153 Å². The third-order valence-corrected chi connectivity index (χ3v) is 4.72. The van der Waals surface area contributed by atoms with Crippen molar-refractivity contribution in [2.75, 3.05) is 34.0 Å². The molecule has 0 unspecified atom stereocenters. The molecule has 0 N–H and O–H groups in total. The first-order valence-electron chi connectivity index (χ1n) is 7.26. The molecule has 0 atom stereocenters. The van der Waals surface area contributed by atoms with Crippen LogP contribution < -0.4 is 9.47 Å². The van der Waals surface area contributed by atoms with E-state index in [2.05, 4.69) is 15.9 Å². The number of methoxy groups -OCH3 is 2. The molecule has 1 aromatic rings. The lowest BCUT2D eigenvalue weighted by Crippen LogP contribution is -2.31. The van der Waals surface area contributed by atoms with Gasteiger partial charge < -0.3 is 14.2 Å². The van der Waals surface area contributed by atoms with E-state index in [1.54, 1.807) is 19.3 Å². The predicted octanol–water partition coefficient (Wildman–Crippen LogP) is 3.54. The van der Waals surface area contributed by atoms with E-state index >= 15 is 0 Å². The number of nitrogens with zero attached hydrogens (tertiary/aromatic N) is 1. The molecule has 1 fully saturated rings. The first kappa shape index (κ1) is 18.8. The number of amides is 2. The highest BCUT2D eigenvalue weighted by atomic mass is 79.9. The van der Waals surface area contributed by atoms with E-state index in [-0.39, 0.29) is 17.7 Å². The Bertz CT molecular complexity index is 677. The summed E-state index contributed by atoms with van der Waals surface area (Å²) in [4.78, 5) is 25.8. The Morgan fingerprint density at radius 2 is 2.04 bits per heavy atom. The number of rotatable bonds is 7. The molecule has 6 nitrogen and oxygen atoms in total. The molecule has 1 aliphatic heterocycles. The standard InChI is InChI=1S/C16H18BrNO5S/c1-4-23-12-8-10(7-11(17)14(12)22-3)9-13-15(19)18(5-6-21-2)16(20)24-13/h7-9H,4-6H2,1-3H3/b13-9+. The SMILES string of the molecule is CCOc1cc(/C=C2/SC(=O)N(CCOC)C2=O)cc(Br)c1OC. The summed E-state index contributed by atoms with van der Waals surface area (Å²) in [6.45, 7) is 2.92. The number of hydrogen-bond acceptors (Lipinski definition) is 6. The Balaban J connectivity index is 2.31. The topological polar surface area (TPSA) is 65.1 Å². The summed E-state index contributed by atoms with van der Waals surface area (Å²) in [5.41, 5.74) is 0.739. The molecular weight excluding hydrogens is 398 g/mol. The number of benzene rings is 1. The zero-order chi connectivity index (χ0) is 17.7. The van der Waals surface area contributed by atoms with Crippen LogP contribution in [0.15, 0.2) is 21.5 Å². The Hall–Kier alpha value is -1.51. The second-order valence-electron chi connectivity index (χ2n) is 4.79.